The molecule has 1 unspecified atom stereocenters. The standard InChI is InChI=1S/C13H18N2O3S/c1-9-7-10(14)4-5-12(9)13(16)15-11-3-2-6-19(17,18)8-11/h4-5,7,11H,2-3,6,8,14H2,1H3,(H,15,16). The van der Waals surface area contributed by atoms with Crippen molar-refractivity contribution in [3.63, 3.8) is 0 Å². The van der Waals surface area contributed by atoms with Gasteiger partial charge in [0.25, 0.3) is 5.91 Å². The molecule has 0 bridgehead atoms. The van der Waals surface area contributed by atoms with E-state index in [0.717, 1.165) is 5.56 Å². The third-order valence-corrected chi connectivity index (χ3v) is 5.11. The van der Waals surface area contributed by atoms with E-state index in [0.29, 0.717) is 24.1 Å². The molecule has 1 aliphatic rings. The fourth-order valence-corrected chi connectivity index (χ4v) is 3.98. The van der Waals surface area contributed by atoms with Gasteiger partial charge in [-0.2, -0.15) is 0 Å². The van der Waals surface area contributed by atoms with Crippen LogP contribution in [0.1, 0.15) is 28.8 Å². The van der Waals surface area contributed by atoms with Gasteiger partial charge in [-0.25, -0.2) is 8.42 Å². The van der Waals surface area contributed by atoms with E-state index in [4.69, 9.17) is 5.73 Å². The molecule has 1 fully saturated rings. The highest BCUT2D eigenvalue weighted by Crippen LogP contribution is 2.15. The zero-order valence-electron chi connectivity index (χ0n) is 10.8. The summed E-state index contributed by atoms with van der Waals surface area (Å²) in [4.78, 5) is 12.1. The fraction of sp³-hybridized carbons (Fsp3) is 0.462. The molecular weight excluding hydrogens is 264 g/mol. The number of amides is 1. The predicted octanol–water partition coefficient (Wildman–Crippen LogP) is 0.884. The topological polar surface area (TPSA) is 89.3 Å². The number of benzene rings is 1. The van der Waals surface area contributed by atoms with Crippen LogP contribution in [0.3, 0.4) is 0 Å². The van der Waals surface area contributed by atoms with Crippen LogP contribution in [-0.4, -0.2) is 31.9 Å². The van der Waals surface area contributed by atoms with Crippen LogP contribution in [0.5, 0.6) is 0 Å². The quantitative estimate of drug-likeness (QED) is 0.788. The number of sulfone groups is 1. The van der Waals surface area contributed by atoms with Gasteiger partial charge in [-0.15, -0.1) is 0 Å². The first kappa shape index (κ1) is 13.9. The van der Waals surface area contributed by atoms with Crippen molar-refractivity contribution in [2.24, 2.45) is 0 Å². The minimum atomic E-state index is -3.01. The summed E-state index contributed by atoms with van der Waals surface area (Å²) in [7, 11) is -3.01. The van der Waals surface area contributed by atoms with Crippen molar-refractivity contribution in [2.45, 2.75) is 25.8 Å². The van der Waals surface area contributed by atoms with Gasteiger partial charge >= 0.3 is 0 Å². The van der Waals surface area contributed by atoms with Crippen LogP contribution in [0.4, 0.5) is 5.69 Å². The van der Waals surface area contributed by atoms with Gasteiger partial charge in [-0.1, -0.05) is 0 Å². The lowest BCUT2D eigenvalue weighted by Gasteiger charge is -2.23. The van der Waals surface area contributed by atoms with E-state index < -0.39 is 9.84 Å². The average molecular weight is 282 g/mol. The highest BCUT2D eigenvalue weighted by molar-refractivity contribution is 7.91. The Morgan fingerprint density at radius 3 is 2.79 bits per heavy atom. The SMILES string of the molecule is Cc1cc(N)ccc1C(=O)NC1CCCS(=O)(=O)C1. The summed E-state index contributed by atoms with van der Waals surface area (Å²) >= 11 is 0. The van der Waals surface area contributed by atoms with Crippen LogP contribution in [0.25, 0.3) is 0 Å². The number of anilines is 1. The fourth-order valence-electron chi connectivity index (χ4n) is 2.34. The number of hydrogen-bond donors (Lipinski definition) is 2. The van der Waals surface area contributed by atoms with Gasteiger partial charge in [0.2, 0.25) is 0 Å². The van der Waals surface area contributed by atoms with Crippen molar-refractivity contribution in [2.75, 3.05) is 17.2 Å². The molecule has 104 valence electrons. The molecule has 6 heteroatoms. The number of nitrogens with one attached hydrogen (secondary N) is 1. The van der Waals surface area contributed by atoms with Crippen LogP contribution in [0.15, 0.2) is 18.2 Å². The van der Waals surface area contributed by atoms with Crippen LogP contribution < -0.4 is 11.1 Å². The minimum absolute atomic E-state index is 0.0345. The highest BCUT2D eigenvalue weighted by atomic mass is 32.2. The molecule has 0 aromatic heterocycles. The number of hydrogen-bond acceptors (Lipinski definition) is 4. The lowest BCUT2D eigenvalue weighted by Crippen LogP contribution is -2.43. The first-order valence-electron chi connectivity index (χ1n) is 6.25. The highest BCUT2D eigenvalue weighted by Gasteiger charge is 2.26. The first-order chi connectivity index (χ1) is 8.87. The largest absolute Gasteiger partial charge is 0.399 e. The Balaban J connectivity index is 2.09. The third-order valence-electron chi connectivity index (χ3n) is 3.29. The number of rotatable bonds is 2. The molecule has 0 radical (unpaired) electrons. The van der Waals surface area contributed by atoms with Crippen molar-refractivity contribution >= 4 is 21.4 Å². The van der Waals surface area contributed by atoms with E-state index in [2.05, 4.69) is 5.32 Å². The summed E-state index contributed by atoms with van der Waals surface area (Å²) in [5.74, 6) is 0.0205. The Hall–Kier alpha value is -1.56. The van der Waals surface area contributed by atoms with E-state index in [1.807, 2.05) is 6.92 Å². The summed E-state index contributed by atoms with van der Waals surface area (Å²) in [6.45, 7) is 1.81. The maximum Gasteiger partial charge on any atom is 0.251 e. The van der Waals surface area contributed by atoms with Crippen LogP contribution >= 0.6 is 0 Å². The second-order valence-electron chi connectivity index (χ2n) is 5.00. The molecule has 0 saturated carbocycles. The molecule has 1 heterocycles. The molecule has 1 aromatic rings. The van der Waals surface area contributed by atoms with Crippen LogP contribution in [0, 0.1) is 6.92 Å². The second kappa shape index (κ2) is 5.21. The van der Waals surface area contributed by atoms with Crippen molar-refractivity contribution in [1.82, 2.24) is 5.32 Å². The smallest absolute Gasteiger partial charge is 0.251 e. The monoisotopic (exact) mass is 282 g/mol. The van der Waals surface area contributed by atoms with Crippen molar-refractivity contribution in [1.29, 1.82) is 0 Å². The van der Waals surface area contributed by atoms with E-state index >= 15 is 0 Å². The number of nitrogen functional groups attached to an aromatic ring is 1. The number of carbonyl (C=O) groups excluding carboxylic acids is 1. The van der Waals surface area contributed by atoms with Gasteiger partial charge < -0.3 is 11.1 Å². The predicted molar refractivity (Wildman–Crippen MR) is 74.7 cm³/mol. The molecule has 0 spiro atoms. The molecule has 19 heavy (non-hydrogen) atoms. The van der Waals surface area contributed by atoms with Gasteiger partial charge in [0.15, 0.2) is 9.84 Å². The minimum Gasteiger partial charge on any atom is -0.399 e. The summed E-state index contributed by atoms with van der Waals surface area (Å²) in [6.07, 6.45) is 1.31. The molecule has 5 nitrogen and oxygen atoms in total. The van der Waals surface area contributed by atoms with Crippen LogP contribution in [0.2, 0.25) is 0 Å². The zero-order chi connectivity index (χ0) is 14.0. The Morgan fingerprint density at radius 2 is 2.16 bits per heavy atom. The second-order valence-corrected chi connectivity index (χ2v) is 7.23. The van der Waals surface area contributed by atoms with Crippen LogP contribution in [-0.2, 0) is 9.84 Å². The molecule has 0 aliphatic carbocycles. The van der Waals surface area contributed by atoms with Gasteiger partial charge in [0.05, 0.1) is 11.5 Å². The summed E-state index contributed by atoms with van der Waals surface area (Å²) in [6, 6.07) is 4.77. The summed E-state index contributed by atoms with van der Waals surface area (Å²) in [5, 5.41) is 2.79. The maximum atomic E-state index is 12.1. The summed E-state index contributed by atoms with van der Waals surface area (Å²) in [5.41, 5.74) is 7.57. The Kier molecular flexibility index (Phi) is 3.80. The third kappa shape index (κ3) is 3.47. The molecule has 1 atom stereocenters. The molecule has 3 N–H and O–H groups in total. The Morgan fingerprint density at radius 1 is 1.42 bits per heavy atom. The average Bonchev–Trinajstić information content (AvgIpc) is 2.27. The van der Waals surface area contributed by atoms with Crippen molar-refractivity contribution in [3.05, 3.63) is 29.3 Å². The Labute approximate surface area is 113 Å². The van der Waals surface area contributed by atoms with Gasteiger partial charge in [-0.05, 0) is 43.5 Å². The van der Waals surface area contributed by atoms with E-state index in [1.54, 1.807) is 18.2 Å². The molecule has 1 amide bonds. The van der Waals surface area contributed by atoms with Gasteiger partial charge in [-0.3, -0.25) is 4.79 Å². The van der Waals surface area contributed by atoms with E-state index in [-0.39, 0.29) is 23.5 Å². The van der Waals surface area contributed by atoms with E-state index in [1.165, 1.54) is 0 Å². The summed E-state index contributed by atoms with van der Waals surface area (Å²) < 4.78 is 23.0. The number of carbonyl (C=O) groups is 1. The van der Waals surface area contributed by atoms with Crippen molar-refractivity contribution < 1.29 is 13.2 Å². The van der Waals surface area contributed by atoms with Gasteiger partial charge in [0, 0.05) is 17.3 Å². The Bertz CT molecular complexity index is 596. The molecule has 1 aromatic carbocycles. The number of nitrogens with two attached hydrogens (primary N) is 1. The molecule has 2 rings (SSSR count). The van der Waals surface area contributed by atoms with Crippen molar-refractivity contribution in [3.8, 4) is 0 Å². The number of aryl methyl sites for hydroxylation is 1. The lowest BCUT2D eigenvalue weighted by molar-refractivity contribution is 0.0937. The van der Waals surface area contributed by atoms with Gasteiger partial charge in [0.1, 0.15) is 0 Å². The first-order valence-corrected chi connectivity index (χ1v) is 8.07. The zero-order valence-corrected chi connectivity index (χ0v) is 11.7. The molecular formula is C13H18N2O3S. The maximum absolute atomic E-state index is 12.1. The molecule has 1 saturated heterocycles. The molecule has 1 aliphatic heterocycles. The lowest BCUT2D eigenvalue weighted by atomic mass is 10.1. The van der Waals surface area contributed by atoms with E-state index in [9.17, 15) is 13.2 Å². The normalized spacial score (nSPS) is 21.8.